The molecule has 0 heterocycles. The van der Waals surface area contributed by atoms with E-state index in [9.17, 15) is 5.11 Å². The molecule has 0 aromatic heterocycles. The molecule has 32 heavy (non-hydrogen) atoms. The Morgan fingerprint density at radius 2 is 1.66 bits per heavy atom. The molecule has 4 aliphatic carbocycles. The Morgan fingerprint density at radius 1 is 0.969 bits per heavy atom. The van der Waals surface area contributed by atoms with Crippen molar-refractivity contribution < 1.29 is 5.11 Å². The molecule has 0 bridgehead atoms. The summed E-state index contributed by atoms with van der Waals surface area (Å²) in [4.78, 5) is 0. The van der Waals surface area contributed by atoms with E-state index in [1.807, 2.05) is 11.1 Å². The second kappa shape index (κ2) is 9.10. The molecule has 182 valence electrons. The van der Waals surface area contributed by atoms with Crippen LogP contribution in [0.3, 0.4) is 0 Å². The molecule has 4 aliphatic rings. The fourth-order valence-electron chi connectivity index (χ4n) is 9.47. The van der Waals surface area contributed by atoms with Gasteiger partial charge < -0.3 is 5.11 Å². The van der Waals surface area contributed by atoms with Crippen LogP contribution in [-0.4, -0.2) is 38.5 Å². The SMILES string of the molecule is CC(C)=CCC[C@@H](C)[C@@H]1CC[C@]2(C)C3=C(CC[C@@]12C)[C@@]1(C)CC[C@H](O)C(C)(C)[C@@H]1CC3.[PbH2]. The number of hydrogen-bond donors (Lipinski definition) is 1. The van der Waals surface area contributed by atoms with Crippen LogP contribution in [0.4, 0.5) is 0 Å². The normalized spacial score (nSPS) is 43.5. The molecule has 4 rings (SSSR count). The van der Waals surface area contributed by atoms with Crippen molar-refractivity contribution in [3.8, 4) is 0 Å². The number of rotatable bonds is 4. The van der Waals surface area contributed by atoms with E-state index in [4.69, 9.17) is 0 Å². The predicted molar refractivity (Wildman–Crippen MR) is 141 cm³/mol. The van der Waals surface area contributed by atoms with Crippen molar-refractivity contribution in [2.75, 3.05) is 0 Å². The van der Waals surface area contributed by atoms with Crippen LogP contribution < -0.4 is 0 Å². The van der Waals surface area contributed by atoms with Crippen molar-refractivity contribution >= 4 is 27.3 Å². The Labute approximate surface area is 219 Å². The van der Waals surface area contributed by atoms with Gasteiger partial charge in [-0.2, -0.15) is 0 Å². The summed E-state index contributed by atoms with van der Waals surface area (Å²) in [6.45, 7) is 19.6. The third-order valence-corrected chi connectivity index (χ3v) is 11.7. The number of hydrogen-bond acceptors (Lipinski definition) is 1. The van der Waals surface area contributed by atoms with Crippen LogP contribution in [0.1, 0.15) is 120 Å². The van der Waals surface area contributed by atoms with E-state index in [0.717, 1.165) is 18.3 Å². The summed E-state index contributed by atoms with van der Waals surface area (Å²) >= 11 is 0. The summed E-state index contributed by atoms with van der Waals surface area (Å²) in [7, 11) is 0. The van der Waals surface area contributed by atoms with Gasteiger partial charge in [-0.15, -0.1) is 0 Å². The Bertz CT molecular complexity index is 774. The summed E-state index contributed by atoms with van der Waals surface area (Å²) in [6.07, 6.45) is 15.2. The first-order valence-corrected chi connectivity index (χ1v) is 13.4. The van der Waals surface area contributed by atoms with Crippen LogP contribution in [0.5, 0.6) is 0 Å². The van der Waals surface area contributed by atoms with E-state index in [-0.39, 0.29) is 38.8 Å². The molecule has 0 spiro atoms. The molecule has 0 aromatic carbocycles. The monoisotopic (exact) mass is 636 g/mol. The average molecular weight is 636 g/mol. The molecule has 2 fully saturated rings. The zero-order valence-corrected chi connectivity index (χ0v) is 28.1. The quantitative estimate of drug-likeness (QED) is 0.250. The van der Waals surface area contributed by atoms with Gasteiger partial charge in [-0.3, -0.25) is 0 Å². The predicted octanol–water partition coefficient (Wildman–Crippen LogP) is 7.56. The van der Waals surface area contributed by atoms with E-state index in [0.29, 0.717) is 22.2 Å². The molecule has 0 saturated heterocycles. The van der Waals surface area contributed by atoms with E-state index in [1.54, 1.807) is 0 Å². The van der Waals surface area contributed by atoms with Crippen LogP contribution in [0.15, 0.2) is 22.8 Å². The number of aliphatic hydroxyl groups is 1. The fourth-order valence-corrected chi connectivity index (χ4v) is 9.47. The zero-order chi connectivity index (χ0) is 22.8. The first kappa shape index (κ1) is 27.0. The third-order valence-electron chi connectivity index (χ3n) is 11.7. The number of fused-ring (bicyclic) bond motifs is 4. The second-order valence-corrected chi connectivity index (χ2v) is 13.6. The Hall–Kier alpha value is 0.362. The molecule has 1 nitrogen and oxygen atoms in total. The molecule has 2 saturated carbocycles. The molecule has 0 aromatic rings. The fraction of sp³-hybridized carbons (Fsp3) is 0.867. The summed E-state index contributed by atoms with van der Waals surface area (Å²) in [6, 6.07) is 0. The van der Waals surface area contributed by atoms with Gasteiger partial charge in [0.2, 0.25) is 0 Å². The van der Waals surface area contributed by atoms with Crippen LogP contribution >= 0.6 is 0 Å². The van der Waals surface area contributed by atoms with Crippen molar-refractivity contribution in [2.24, 2.45) is 39.4 Å². The van der Waals surface area contributed by atoms with Crippen LogP contribution in [-0.2, 0) is 0 Å². The first-order valence-electron chi connectivity index (χ1n) is 13.4. The minimum absolute atomic E-state index is 0. The number of allylic oxidation sites excluding steroid dienone is 4. The molecular formula is C30H52OPb. The Kier molecular flexibility index (Phi) is 7.67. The minimum atomic E-state index is -0.130. The van der Waals surface area contributed by atoms with Crippen molar-refractivity contribution in [3.05, 3.63) is 22.8 Å². The van der Waals surface area contributed by atoms with Crippen LogP contribution in [0.25, 0.3) is 0 Å². The third kappa shape index (κ3) is 3.86. The molecule has 2 heteroatoms. The molecular weight excluding hydrogens is 584 g/mol. The van der Waals surface area contributed by atoms with Gasteiger partial charge in [0.1, 0.15) is 0 Å². The molecule has 1 N–H and O–H groups in total. The van der Waals surface area contributed by atoms with E-state index < -0.39 is 0 Å². The number of aliphatic hydroxyl groups excluding tert-OH is 1. The summed E-state index contributed by atoms with van der Waals surface area (Å²) in [5.41, 5.74) is 6.41. The maximum atomic E-state index is 10.8. The van der Waals surface area contributed by atoms with Gasteiger partial charge >= 0.3 is 27.3 Å². The van der Waals surface area contributed by atoms with Gasteiger partial charge in [-0.1, -0.05) is 64.3 Å². The molecule has 0 aliphatic heterocycles. The van der Waals surface area contributed by atoms with Crippen LogP contribution in [0.2, 0.25) is 0 Å². The topological polar surface area (TPSA) is 20.2 Å². The van der Waals surface area contributed by atoms with Crippen molar-refractivity contribution in [1.82, 2.24) is 0 Å². The Morgan fingerprint density at radius 3 is 2.31 bits per heavy atom. The van der Waals surface area contributed by atoms with Crippen molar-refractivity contribution in [3.63, 3.8) is 0 Å². The van der Waals surface area contributed by atoms with Gasteiger partial charge in [0.05, 0.1) is 6.10 Å². The molecule has 0 amide bonds. The van der Waals surface area contributed by atoms with E-state index in [1.165, 1.54) is 63.4 Å². The summed E-state index contributed by atoms with van der Waals surface area (Å²) < 4.78 is 0. The maximum absolute atomic E-state index is 10.8. The second-order valence-electron chi connectivity index (χ2n) is 13.6. The molecule has 7 atom stereocenters. The average Bonchev–Trinajstić information content (AvgIpc) is 2.96. The van der Waals surface area contributed by atoms with Gasteiger partial charge in [0, 0.05) is 0 Å². The van der Waals surface area contributed by atoms with Crippen molar-refractivity contribution in [2.45, 2.75) is 126 Å². The summed E-state index contributed by atoms with van der Waals surface area (Å²) in [5, 5.41) is 10.8. The van der Waals surface area contributed by atoms with Gasteiger partial charge in [0.25, 0.3) is 0 Å². The Balaban J connectivity index is 0.00000289. The van der Waals surface area contributed by atoms with Gasteiger partial charge in [-0.25, -0.2) is 0 Å². The summed E-state index contributed by atoms with van der Waals surface area (Å²) in [5.74, 6) is 2.32. The van der Waals surface area contributed by atoms with Crippen molar-refractivity contribution in [1.29, 1.82) is 0 Å². The molecule has 2 radical (unpaired) electrons. The van der Waals surface area contributed by atoms with Crippen LogP contribution in [0, 0.1) is 39.4 Å². The zero-order valence-electron chi connectivity index (χ0n) is 22.6. The first-order chi connectivity index (χ1) is 14.4. The van der Waals surface area contributed by atoms with E-state index >= 15 is 0 Å². The standard InChI is InChI=1S/C30H50O.Pb.2H/c1-20(2)10-9-11-21(3)22-14-18-30(8)24-12-13-25-27(4,5)26(31)16-17-28(25,6)23(24)15-19-29(22,30)7;;;/h10,21-22,25-26,31H,9,11-19H2,1-8H3;;;/t21-,22+,25+,26+,28-,29+,30-;;;/m1.../s1. The van der Waals surface area contributed by atoms with Gasteiger partial charge in [0.15, 0.2) is 0 Å². The van der Waals surface area contributed by atoms with Gasteiger partial charge in [-0.05, 0) is 117 Å². The van der Waals surface area contributed by atoms with E-state index in [2.05, 4.69) is 61.5 Å². The molecule has 0 unspecified atom stereocenters.